The van der Waals surface area contributed by atoms with Gasteiger partial charge in [0.15, 0.2) is 0 Å². The van der Waals surface area contributed by atoms with Crippen molar-refractivity contribution >= 4 is 0 Å². The van der Waals surface area contributed by atoms with Gasteiger partial charge in [0.05, 0.1) is 7.11 Å². The summed E-state index contributed by atoms with van der Waals surface area (Å²) in [4.78, 5) is 0. The van der Waals surface area contributed by atoms with E-state index < -0.39 is 0 Å². The van der Waals surface area contributed by atoms with Gasteiger partial charge in [-0.3, -0.25) is 0 Å². The van der Waals surface area contributed by atoms with Crippen molar-refractivity contribution in [3.63, 3.8) is 0 Å². The van der Waals surface area contributed by atoms with E-state index in [4.69, 9.17) is 4.74 Å². The average molecular weight is 261 g/mol. The van der Waals surface area contributed by atoms with E-state index in [-0.39, 0.29) is 0 Å². The summed E-state index contributed by atoms with van der Waals surface area (Å²) < 4.78 is 5.18. The molecule has 0 aliphatic heterocycles. The summed E-state index contributed by atoms with van der Waals surface area (Å²) in [5.74, 6) is 0.923. The topological polar surface area (TPSA) is 21.3 Å². The largest absolute Gasteiger partial charge is 0.497 e. The van der Waals surface area contributed by atoms with Crippen molar-refractivity contribution in [3.8, 4) is 5.75 Å². The molecule has 1 rings (SSSR count). The second-order valence-electron chi connectivity index (χ2n) is 5.20. The SMILES string of the molecule is C=C(C)CC(CCc1ccc(OC)cc1)NCCC. The van der Waals surface area contributed by atoms with E-state index in [1.165, 1.54) is 17.6 Å². The first kappa shape index (κ1) is 15.8. The van der Waals surface area contributed by atoms with Gasteiger partial charge in [0, 0.05) is 6.04 Å². The van der Waals surface area contributed by atoms with E-state index in [0.717, 1.165) is 31.6 Å². The number of aryl methyl sites for hydroxylation is 1. The molecule has 2 nitrogen and oxygen atoms in total. The highest BCUT2D eigenvalue weighted by Crippen LogP contribution is 2.15. The maximum absolute atomic E-state index is 5.18. The molecule has 0 aromatic heterocycles. The highest BCUT2D eigenvalue weighted by atomic mass is 16.5. The van der Waals surface area contributed by atoms with Crippen LogP contribution in [-0.2, 0) is 6.42 Å². The highest BCUT2D eigenvalue weighted by Gasteiger charge is 2.08. The normalized spacial score (nSPS) is 12.2. The van der Waals surface area contributed by atoms with Crippen LogP contribution < -0.4 is 10.1 Å². The molecular formula is C17H27NO. The molecule has 0 spiro atoms. The Morgan fingerprint density at radius 1 is 1.32 bits per heavy atom. The molecule has 0 heterocycles. The van der Waals surface area contributed by atoms with Crippen LogP contribution in [0.4, 0.5) is 0 Å². The Morgan fingerprint density at radius 3 is 2.53 bits per heavy atom. The summed E-state index contributed by atoms with van der Waals surface area (Å²) in [7, 11) is 1.70. The van der Waals surface area contributed by atoms with Gasteiger partial charge < -0.3 is 10.1 Å². The standard InChI is InChI=1S/C17H27NO/c1-5-12-18-16(13-14(2)3)9-6-15-7-10-17(19-4)11-8-15/h7-8,10-11,16,18H,2,5-6,9,12-13H2,1,3-4H3. The third-order valence-corrected chi connectivity index (χ3v) is 3.22. The van der Waals surface area contributed by atoms with Crippen molar-refractivity contribution in [1.29, 1.82) is 0 Å². The van der Waals surface area contributed by atoms with Gasteiger partial charge in [0.2, 0.25) is 0 Å². The van der Waals surface area contributed by atoms with Gasteiger partial charge >= 0.3 is 0 Å². The second-order valence-corrected chi connectivity index (χ2v) is 5.20. The summed E-state index contributed by atoms with van der Waals surface area (Å²) in [5, 5.41) is 3.61. The first-order valence-corrected chi connectivity index (χ1v) is 7.16. The maximum Gasteiger partial charge on any atom is 0.118 e. The van der Waals surface area contributed by atoms with E-state index in [9.17, 15) is 0 Å². The van der Waals surface area contributed by atoms with E-state index in [1.54, 1.807) is 7.11 Å². The summed E-state index contributed by atoms with van der Waals surface area (Å²) in [6.45, 7) is 9.42. The Hall–Kier alpha value is -1.28. The zero-order valence-corrected chi connectivity index (χ0v) is 12.5. The molecule has 0 aliphatic carbocycles. The lowest BCUT2D eigenvalue weighted by Gasteiger charge is -2.18. The van der Waals surface area contributed by atoms with E-state index in [0.29, 0.717) is 6.04 Å². The van der Waals surface area contributed by atoms with Crippen molar-refractivity contribution in [2.75, 3.05) is 13.7 Å². The Balaban J connectivity index is 2.46. The summed E-state index contributed by atoms with van der Waals surface area (Å²) in [6, 6.07) is 8.90. The molecule has 1 atom stereocenters. The molecule has 0 fully saturated rings. The van der Waals surface area contributed by atoms with Crippen LogP contribution in [0, 0.1) is 0 Å². The zero-order chi connectivity index (χ0) is 14.1. The monoisotopic (exact) mass is 261 g/mol. The molecule has 0 saturated carbocycles. The Labute approximate surface area is 117 Å². The molecule has 1 aromatic rings. The fourth-order valence-electron chi connectivity index (χ4n) is 2.18. The predicted octanol–water partition coefficient (Wildman–Crippen LogP) is 3.96. The van der Waals surface area contributed by atoms with Crippen LogP contribution in [0.15, 0.2) is 36.4 Å². The summed E-state index contributed by atoms with van der Waals surface area (Å²) >= 11 is 0. The summed E-state index contributed by atoms with van der Waals surface area (Å²) in [6.07, 6.45) is 4.49. The lowest BCUT2D eigenvalue weighted by atomic mass is 10.00. The van der Waals surface area contributed by atoms with Crippen molar-refractivity contribution < 1.29 is 4.74 Å². The fourth-order valence-corrected chi connectivity index (χ4v) is 2.18. The highest BCUT2D eigenvalue weighted by molar-refractivity contribution is 5.27. The molecule has 2 heteroatoms. The van der Waals surface area contributed by atoms with E-state index in [1.807, 2.05) is 12.1 Å². The van der Waals surface area contributed by atoms with Crippen LogP contribution in [0.2, 0.25) is 0 Å². The van der Waals surface area contributed by atoms with E-state index in [2.05, 4.69) is 37.9 Å². The number of benzene rings is 1. The average Bonchev–Trinajstić information content (AvgIpc) is 2.42. The molecule has 1 aromatic carbocycles. The minimum Gasteiger partial charge on any atom is -0.497 e. The van der Waals surface area contributed by atoms with Crippen LogP contribution in [0.25, 0.3) is 0 Å². The molecular weight excluding hydrogens is 234 g/mol. The Morgan fingerprint density at radius 2 is 2.00 bits per heavy atom. The van der Waals surface area contributed by atoms with E-state index >= 15 is 0 Å². The third kappa shape index (κ3) is 6.44. The van der Waals surface area contributed by atoms with Crippen LogP contribution >= 0.6 is 0 Å². The minimum absolute atomic E-state index is 0.541. The minimum atomic E-state index is 0.541. The molecule has 0 aliphatic rings. The first-order chi connectivity index (χ1) is 9.15. The van der Waals surface area contributed by atoms with Gasteiger partial charge in [-0.2, -0.15) is 0 Å². The van der Waals surface area contributed by atoms with Gasteiger partial charge in [-0.05, 0) is 56.8 Å². The predicted molar refractivity (Wildman–Crippen MR) is 82.8 cm³/mol. The zero-order valence-electron chi connectivity index (χ0n) is 12.5. The van der Waals surface area contributed by atoms with Gasteiger partial charge in [0.25, 0.3) is 0 Å². The maximum atomic E-state index is 5.18. The Bertz CT molecular complexity index is 369. The molecule has 0 saturated heterocycles. The van der Waals surface area contributed by atoms with Gasteiger partial charge in [0.1, 0.15) is 5.75 Å². The lowest BCUT2D eigenvalue weighted by molar-refractivity contribution is 0.414. The van der Waals surface area contributed by atoms with Crippen molar-refractivity contribution in [2.24, 2.45) is 0 Å². The molecule has 0 amide bonds. The number of hydrogen-bond acceptors (Lipinski definition) is 2. The van der Waals surface area contributed by atoms with Gasteiger partial charge in [-0.15, -0.1) is 6.58 Å². The van der Waals surface area contributed by atoms with Crippen LogP contribution in [0.1, 0.15) is 38.7 Å². The molecule has 1 unspecified atom stereocenters. The van der Waals surface area contributed by atoms with Crippen molar-refractivity contribution in [3.05, 3.63) is 42.0 Å². The molecule has 19 heavy (non-hydrogen) atoms. The van der Waals surface area contributed by atoms with Crippen molar-refractivity contribution in [2.45, 2.75) is 45.6 Å². The van der Waals surface area contributed by atoms with Crippen molar-refractivity contribution in [1.82, 2.24) is 5.32 Å². The van der Waals surface area contributed by atoms with Gasteiger partial charge in [-0.1, -0.05) is 24.6 Å². The molecule has 0 bridgehead atoms. The third-order valence-electron chi connectivity index (χ3n) is 3.22. The number of rotatable bonds is 9. The molecule has 106 valence electrons. The number of ether oxygens (including phenoxy) is 1. The molecule has 1 N–H and O–H groups in total. The smallest absolute Gasteiger partial charge is 0.118 e. The molecule has 0 radical (unpaired) electrons. The van der Waals surface area contributed by atoms with Crippen LogP contribution in [-0.4, -0.2) is 19.7 Å². The number of hydrogen-bond donors (Lipinski definition) is 1. The lowest BCUT2D eigenvalue weighted by Crippen LogP contribution is -2.30. The number of nitrogens with one attached hydrogen (secondary N) is 1. The summed E-state index contributed by atoms with van der Waals surface area (Å²) in [5.41, 5.74) is 2.62. The fraction of sp³-hybridized carbons (Fsp3) is 0.529. The number of methoxy groups -OCH3 is 1. The van der Waals surface area contributed by atoms with Crippen LogP contribution in [0.5, 0.6) is 5.75 Å². The van der Waals surface area contributed by atoms with Crippen LogP contribution in [0.3, 0.4) is 0 Å². The quantitative estimate of drug-likeness (QED) is 0.679. The second kappa shape index (κ2) is 8.76. The first-order valence-electron chi connectivity index (χ1n) is 7.16. The Kier molecular flexibility index (Phi) is 7.27. The van der Waals surface area contributed by atoms with Gasteiger partial charge in [-0.25, -0.2) is 0 Å².